The Balaban J connectivity index is 2.05. The van der Waals surface area contributed by atoms with Crippen LogP contribution in [0.3, 0.4) is 0 Å². The topological polar surface area (TPSA) is 49.7 Å². The first kappa shape index (κ1) is 15.2. The number of hydrogen-bond acceptors (Lipinski definition) is 3. The van der Waals surface area contributed by atoms with E-state index in [0.717, 1.165) is 12.1 Å². The summed E-state index contributed by atoms with van der Waals surface area (Å²) < 4.78 is 42.8. The summed E-state index contributed by atoms with van der Waals surface area (Å²) in [5, 5.41) is 19.4. The van der Waals surface area contributed by atoms with Crippen LogP contribution in [0.1, 0.15) is 17.2 Å². The Morgan fingerprint density at radius 3 is 2.43 bits per heavy atom. The van der Waals surface area contributed by atoms with Gasteiger partial charge in [0.1, 0.15) is 24.2 Å². The number of para-hydroxylation sites is 1. The third-order valence-corrected chi connectivity index (χ3v) is 2.86. The van der Waals surface area contributed by atoms with Gasteiger partial charge in [-0.1, -0.05) is 24.3 Å². The van der Waals surface area contributed by atoms with Crippen molar-refractivity contribution in [3.63, 3.8) is 0 Å². The second-order valence-electron chi connectivity index (χ2n) is 4.41. The number of aliphatic hydroxyl groups excluding tert-OH is 1. The van der Waals surface area contributed by atoms with Crippen molar-refractivity contribution in [2.75, 3.05) is 6.61 Å². The van der Waals surface area contributed by atoms with Gasteiger partial charge >= 0.3 is 6.18 Å². The first-order valence-corrected chi connectivity index (χ1v) is 6.14. The molecule has 0 saturated heterocycles. The summed E-state index contributed by atoms with van der Waals surface area (Å²) in [5.41, 5.74) is -0.568. The smallest absolute Gasteiger partial charge is 0.416 e. The van der Waals surface area contributed by atoms with Gasteiger partial charge in [0.2, 0.25) is 0 Å². The second-order valence-corrected chi connectivity index (χ2v) is 4.41. The number of aromatic hydroxyl groups is 1. The number of phenols is 1. The fraction of sp³-hybridized carbons (Fsp3) is 0.200. The third-order valence-electron chi connectivity index (χ3n) is 2.86. The molecule has 1 atom stereocenters. The van der Waals surface area contributed by atoms with Crippen LogP contribution in [0.15, 0.2) is 48.5 Å². The molecule has 0 amide bonds. The van der Waals surface area contributed by atoms with E-state index < -0.39 is 17.8 Å². The Morgan fingerprint density at radius 1 is 1.05 bits per heavy atom. The molecule has 0 spiro atoms. The standard InChI is InChI=1S/C15H13F3O3/c16-15(17,18)10-4-3-5-11(8-10)21-9-14(20)12-6-1-2-7-13(12)19/h1-8,14,19-20H,9H2. The lowest BCUT2D eigenvalue weighted by atomic mass is 10.1. The molecule has 3 nitrogen and oxygen atoms in total. The summed E-state index contributed by atoms with van der Waals surface area (Å²) in [6.07, 6.45) is -5.59. The Labute approximate surface area is 119 Å². The van der Waals surface area contributed by atoms with Crippen LogP contribution in [0.25, 0.3) is 0 Å². The number of phenolic OH excluding ortho intramolecular Hbond substituents is 1. The number of rotatable bonds is 4. The zero-order valence-electron chi connectivity index (χ0n) is 10.8. The molecule has 6 heteroatoms. The minimum absolute atomic E-state index is 0.000652. The van der Waals surface area contributed by atoms with Gasteiger partial charge in [-0.05, 0) is 24.3 Å². The van der Waals surface area contributed by atoms with Crippen LogP contribution >= 0.6 is 0 Å². The number of benzene rings is 2. The summed E-state index contributed by atoms with van der Waals surface area (Å²) in [4.78, 5) is 0. The minimum Gasteiger partial charge on any atom is -0.508 e. The predicted molar refractivity (Wildman–Crippen MR) is 70.0 cm³/mol. The maximum absolute atomic E-state index is 12.5. The van der Waals surface area contributed by atoms with Crippen LogP contribution in [0.2, 0.25) is 0 Å². The summed E-state index contributed by atoms with van der Waals surface area (Å²) in [6.45, 7) is -0.265. The van der Waals surface area contributed by atoms with Crippen molar-refractivity contribution in [2.45, 2.75) is 12.3 Å². The van der Waals surface area contributed by atoms with E-state index in [0.29, 0.717) is 0 Å². The molecule has 0 aromatic heterocycles. The van der Waals surface area contributed by atoms with Gasteiger partial charge in [-0.3, -0.25) is 0 Å². The molecular weight excluding hydrogens is 285 g/mol. The van der Waals surface area contributed by atoms with E-state index in [1.807, 2.05) is 0 Å². The van der Waals surface area contributed by atoms with Gasteiger partial charge in [0.25, 0.3) is 0 Å². The highest BCUT2D eigenvalue weighted by molar-refractivity contribution is 5.34. The van der Waals surface area contributed by atoms with Crippen molar-refractivity contribution in [1.29, 1.82) is 0 Å². The summed E-state index contributed by atoms with van der Waals surface area (Å²) in [5.74, 6) is -0.100. The normalized spacial score (nSPS) is 13.0. The average Bonchev–Trinajstić information content (AvgIpc) is 2.45. The molecular formula is C15H13F3O3. The molecule has 0 radical (unpaired) electrons. The molecule has 2 aromatic rings. The van der Waals surface area contributed by atoms with Crippen molar-refractivity contribution in [2.24, 2.45) is 0 Å². The van der Waals surface area contributed by atoms with Crippen LogP contribution in [-0.2, 0) is 6.18 Å². The van der Waals surface area contributed by atoms with Gasteiger partial charge in [-0.15, -0.1) is 0 Å². The Kier molecular flexibility index (Phi) is 4.37. The van der Waals surface area contributed by atoms with Crippen LogP contribution in [0.5, 0.6) is 11.5 Å². The van der Waals surface area contributed by atoms with Crippen LogP contribution in [-0.4, -0.2) is 16.8 Å². The molecule has 1 unspecified atom stereocenters. The number of alkyl halides is 3. The highest BCUT2D eigenvalue weighted by Gasteiger charge is 2.30. The van der Waals surface area contributed by atoms with Crippen molar-refractivity contribution in [3.8, 4) is 11.5 Å². The molecule has 2 N–H and O–H groups in total. The Bertz CT molecular complexity index is 611. The van der Waals surface area contributed by atoms with E-state index in [9.17, 15) is 23.4 Å². The summed E-state index contributed by atoms with van der Waals surface area (Å²) in [7, 11) is 0. The monoisotopic (exact) mass is 298 g/mol. The van der Waals surface area contributed by atoms with E-state index in [1.165, 1.54) is 24.3 Å². The van der Waals surface area contributed by atoms with Crippen LogP contribution in [0.4, 0.5) is 13.2 Å². The number of aliphatic hydroxyl groups is 1. The van der Waals surface area contributed by atoms with Gasteiger partial charge in [0, 0.05) is 5.56 Å². The maximum Gasteiger partial charge on any atom is 0.416 e. The molecule has 21 heavy (non-hydrogen) atoms. The highest BCUT2D eigenvalue weighted by Crippen LogP contribution is 2.31. The van der Waals surface area contributed by atoms with Crippen molar-refractivity contribution < 1.29 is 28.1 Å². The minimum atomic E-state index is -4.45. The molecule has 2 aromatic carbocycles. The summed E-state index contributed by atoms with van der Waals surface area (Å²) >= 11 is 0. The number of ether oxygens (including phenoxy) is 1. The molecule has 0 heterocycles. The fourth-order valence-electron chi connectivity index (χ4n) is 1.80. The van der Waals surface area contributed by atoms with Crippen LogP contribution in [0, 0.1) is 0 Å². The van der Waals surface area contributed by atoms with Crippen molar-refractivity contribution >= 4 is 0 Å². The van der Waals surface area contributed by atoms with E-state index in [2.05, 4.69) is 0 Å². The quantitative estimate of drug-likeness (QED) is 0.908. The molecule has 0 saturated carbocycles. The maximum atomic E-state index is 12.5. The van der Waals surface area contributed by atoms with Crippen molar-refractivity contribution in [1.82, 2.24) is 0 Å². The zero-order valence-corrected chi connectivity index (χ0v) is 10.8. The van der Waals surface area contributed by atoms with Gasteiger partial charge in [0.15, 0.2) is 0 Å². The van der Waals surface area contributed by atoms with E-state index in [1.54, 1.807) is 12.1 Å². The lowest BCUT2D eigenvalue weighted by molar-refractivity contribution is -0.137. The SMILES string of the molecule is Oc1ccccc1C(O)COc1cccc(C(F)(F)F)c1. The third kappa shape index (κ3) is 3.88. The molecule has 0 aliphatic rings. The Morgan fingerprint density at radius 2 is 1.76 bits per heavy atom. The molecule has 0 bridgehead atoms. The lowest BCUT2D eigenvalue weighted by Crippen LogP contribution is -2.11. The molecule has 112 valence electrons. The average molecular weight is 298 g/mol. The fourth-order valence-corrected chi connectivity index (χ4v) is 1.80. The molecule has 0 aliphatic carbocycles. The van der Waals surface area contributed by atoms with E-state index in [4.69, 9.17) is 4.74 Å². The summed E-state index contributed by atoms with van der Waals surface area (Å²) in [6, 6.07) is 10.5. The lowest BCUT2D eigenvalue weighted by Gasteiger charge is -2.15. The van der Waals surface area contributed by atoms with Crippen LogP contribution < -0.4 is 4.74 Å². The Hall–Kier alpha value is -2.21. The first-order valence-electron chi connectivity index (χ1n) is 6.14. The first-order chi connectivity index (χ1) is 9.88. The second kappa shape index (κ2) is 6.05. The van der Waals surface area contributed by atoms with E-state index >= 15 is 0 Å². The molecule has 0 aliphatic heterocycles. The zero-order chi connectivity index (χ0) is 15.5. The number of hydrogen-bond donors (Lipinski definition) is 2. The molecule has 2 rings (SSSR count). The largest absolute Gasteiger partial charge is 0.508 e. The van der Waals surface area contributed by atoms with Crippen molar-refractivity contribution in [3.05, 3.63) is 59.7 Å². The van der Waals surface area contributed by atoms with Gasteiger partial charge in [-0.2, -0.15) is 13.2 Å². The number of halogens is 3. The highest BCUT2D eigenvalue weighted by atomic mass is 19.4. The predicted octanol–water partition coefficient (Wildman–Crippen LogP) is 3.52. The van der Waals surface area contributed by atoms with Gasteiger partial charge in [-0.25, -0.2) is 0 Å². The molecule has 0 fully saturated rings. The van der Waals surface area contributed by atoms with E-state index in [-0.39, 0.29) is 23.7 Å². The van der Waals surface area contributed by atoms with Gasteiger partial charge in [0.05, 0.1) is 5.56 Å². The van der Waals surface area contributed by atoms with Gasteiger partial charge < -0.3 is 14.9 Å².